The summed E-state index contributed by atoms with van der Waals surface area (Å²) < 4.78 is 4.66. The number of nitrogens with zero attached hydrogens (tertiary/aromatic N) is 1. The Kier molecular flexibility index (Phi) is 2.19. The minimum Gasteiger partial charge on any atom is -0.506 e. The number of hydrogen-bond donors (Lipinski definition) is 2. The summed E-state index contributed by atoms with van der Waals surface area (Å²) in [5, 5.41) is 11.4. The fraction of sp³-hybridized carbons (Fsp3) is 0.0769. The highest BCUT2D eigenvalue weighted by Gasteiger charge is 2.13. The van der Waals surface area contributed by atoms with Gasteiger partial charge in [-0.15, -0.1) is 0 Å². The highest BCUT2D eigenvalue weighted by molar-refractivity contribution is 6.09. The monoisotopic (exact) mass is 242 g/mol. The number of aromatic amines is 1. The van der Waals surface area contributed by atoms with Crippen molar-refractivity contribution < 1.29 is 14.6 Å². The second-order valence-electron chi connectivity index (χ2n) is 3.93. The predicted molar refractivity (Wildman–Crippen MR) is 66.6 cm³/mol. The Balaban J connectivity index is 2.40. The third-order valence-electron chi connectivity index (χ3n) is 2.87. The Morgan fingerprint density at radius 2 is 2.28 bits per heavy atom. The van der Waals surface area contributed by atoms with Crippen LogP contribution in [0.2, 0.25) is 0 Å². The fourth-order valence-electron chi connectivity index (χ4n) is 2.05. The number of phenols is 1. The van der Waals surface area contributed by atoms with Crippen molar-refractivity contribution in [2.24, 2.45) is 0 Å². The van der Waals surface area contributed by atoms with Gasteiger partial charge in [0.2, 0.25) is 0 Å². The molecule has 2 heterocycles. The van der Waals surface area contributed by atoms with Crippen LogP contribution in [-0.2, 0) is 4.74 Å². The number of nitrogens with one attached hydrogen (secondary N) is 1. The molecule has 0 fully saturated rings. The lowest BCUT2D eigenvalue weighted by Crippen LogP contribution is -2.00. The standard InChI is InChI=1S/C13H10N2O3/c1-18-13(17)9-5-7-6-10(16)12-8(11(7)15-9)3-2-4-14-12/h2-6,15-16H,1H3. The molecular weight excluding hydrogens is 232 g/mol. The normalized spacial score (nSPS) is 10.9. The first-order chi connectivity index (χ1) is 8.70. The smallest absolute Gasteiger partial charge is 0.354 e. The van der Waals surface area contributed by atoms with Crippen LogP contribution in [0.1, 0.15) is 10.5 Å². The van der Waals surface area contributed by atoms with Crippen molar-refractivity contribution in [3.63, 3.8) is 0 Å². The maximum absolute atomic E-state index is 11.5. The number of phenolic OH excluding ortho intramolecular Hbond substituents is 1. The van der Waals surface area contributed by atoms with Gasteiger partial charge >= 0.3 is 5.97 Å². The van der Waals surface area contributed by atoms with Gasteiger partial charge in [-0.2, -0.15) is 0 Å². The van der Waals surface area contributed by atoms with E-state index in [2.05, 4.69) is 14.7 Å². The second kappa shape index (κ2) is 3.73. The summed E-state index contributed by atoms with van der Waals surface area (Å²) in [6, 6.07) is 6.84. The van der Waals surface area contributed by atoms with Crippen LogP contribution in [0.5, 0.6) is 5.75 Å². The van der Waals surface area contributed by atoms with E-state index in [-0.39, 0.29) is 5.75 Å². The van der Waals surface area contributed by atoms with Gasteiger partial charge in [-0.25, -0.2) is 4.79 Å². The second-order valence-corrected chi connectivity index (χ2v) is 3.93. The molecule has 5 heteroatoms. The van der Waals surface area contributed by atoms with Crippen LogP contribution in [-0.4, -0.2) is 28.2 Å². The summed E-state index contributed by atoms with van der Waals surface area (Å²) >= 11 is 0. The Bertz CT molecular complexity index is 761. The van der Waals surface area contributed by atoms with Crippen LogP contribution in [0.15, 0.2) is 30.5 Å². The molecule has 0 atom stereocenters. The Hall–Kier alpha value is -2.56. The van der Waals surface area contributed by atoms with Crippen LogP contribution < -0.4 is 0 Å². The molecule has 2 N–H and O–H groups in total. The van der Waals surface area contributed by atoms with Gasteiger partial charge in [0.05, 0.1) is 12.6 Å². The lowest BCUT2D eigenvalue weighted by molar-refractivity contribution is 0.0595. The maximum Gasteiger partial charge on any atom is 0.354 e. The van der Waals surface area contributed by atoms with Crippen LogP contribution in [0, 0.1) is 0 Å². The molecule has 0 radical (unpaired) electrons. The summed E-state index contributed by atoms with van der Waals surface area (Å²) in [6.07, 6.45) is 1.61. The SMILES string of the molecule is COC(=O)c1cc2cc(O)c3ncccc3c2[nH]1. The van der Waals surface area contributed by atoms with Gasteiger partial charge in [0.1, 0.15) is 17.0 Å². The Morgan fingerprint density at radius 1 is 1.44 bits per heavy atom. The molecule has 0 spiro atoms. The minimum atomic E-state index is -0.442. The average Bonchev–Trinajstić information content (AvgIpc) is 2.82. The zero-order valence-electron chi connectivity index (χ0n) is 9.60. The van der Waals surface area contributed by atoms with E-state index < -0.39 is 5.97 Å². The highest BCUT2D eigenvalue weighted by atomic mass is 16.5. The van der Waals surface area contributed by atoms with E-state index in [0.29, 0.717) is 11.2 Å². The van der Waals surface area contributed by atoms with Gasteiger partial charge in [0.25, 0.3) is 0 Å². The van der Waals surface area contributed by atoms with E-state index in [4.69, 9.17) is 0 Å². The molecule has 3 rings (SSSR count). The van der Waals surface area contributed by atoms with Gasteiger partial charge < -0.3 is 14.8 Å². The average molecular weight is 242 g/mol. The van der Waals surface area contributed by atoms with Crippen molar-refractivity contribution in [3.8, 4) is 5.75 Å². The molecular formula is C13H10N2O3. The minimum absolute atomic E-state index is 0.0912. The number of pyridine rings is 1. The topological polar surface area (TPSA) is 75.2 Å². The van der Waals surface area contributed by atoms with Gasteiger partial charge in [0.15, 0.2) is 0 Å². The summed E-state index contributed by atoms with van der Waals surface area (Å²) in [5.41, 5.74) is 1.61. The van der Waals surface area contributed by atoms with Crippen molar-refractivity contribution in [3.05, 3.63) is 36.2 Å². The van der Waals surface area contributed by atoms with Crippen molar-refractivity contribution in [2.45, 2.75) is 0 Å². The number of H-pyrrole nitrogens is 1. The largest absolute Gasteiger partial charge is 0.506 e. The lowest BCUT2D eigenvalue weighted by atomic mass is 10.1. The van der Waals surface area contributed by atoms with E-state index in [0.717, 1.165) is 16.3 Å². The van der Waals surface area contributed by atoms with Crippen molar-refractivity contribution in [2.75, 3.05) is 7.11 Å². The molecule has 0 aliphatic carbocycles. The number of carbonyl (C=O) groups is 1. The predicted octanol–water partition coefficient (Wildman–Crippen LogP) is 2.21. The van der Waals surface area contributed by atoms with Gasteiger partial charge in [-0.3, -0.25) is 4.98 Å². The number of aromatic hydroxyl groups is 1. The van der Waals surface area contributed by atoms with E-state index in [9.17, 15) is 9.90 Å². The fourth-order valence-corrected chi connectivity index (χ4v) is 2.05. The van der Waals surface area contributed by atoms with Crippen molar-refractivity contribution in [1.29, 1.82) is 0 Å². The number of carbonyl (C=O) groups excluding carboxylic acids is 1. The molecule has 18 heavy (non-hydrogen) atoms. The number of fused-ring (bicyclic) bond motifs is 3. The highest BCUT2D eigenvalue weighted by Crippen LogP contribution is 2.31. The van der Waals surface area contributed by atoms with Crippen LogP contribution in [0.3, 0.4) is 0 Å². The number of methoxy groups -OCH3 is 1. The van der Waals surface area contributed by atoms with E-state index in [1.807, 2.05) is 6.07 Å². The summed E-state index contributed by atoms with van der Waals surface area (Å²) in [4.78, 5) is 18.6. The van der Waals surface area contributed by atoms with Crippen LogP contribution in [0.4, 0.5) is 0 Å². The number of esters is 1. The number of aromatic nitrogens is 2. The zero-order chi connectivity index (χ0) is 12.7. The van der Waals surface area contributed by atoms with Gasteiger partial charge in [0, 0.05) is 17.0 Å². The molecule has 0 aliphatic rings. The molecule has 0 amide bonds. The molecule has 2 aromatic heterocycles. The molecule has 1 aromatic carbocycles. The van der Waals surface area contributed by atoms with E-state index >= 15 is 0 Å². The summed E-state index contributed by atoms with van der Waals surface area (Å²) in [5.74, 6) is -0.351. The third-order valence-corrected chi connectivity index (χ3v) is 2.87. The molecule has 90 valence electrons. The quantitative estimate of drug-likeness (QED) is 0.641. The summed E-state index contributed by atoms with van der Waals surface area (Å²) in [7, 11) is 1.32. The summed E-state index contributed by atoms with van der Waals surface area (Å²) in [6.45, 7) is 0. The third kappa shape index (κ3) is 1.41. The van der Waals surface area contributed by atoms with E-state index in [1.165, 1.54) is 7.11 Å². The number of hydrogen-bond acceptors (Lipinski definition) is 4. The molecule has 0 saturated heterocycles. The van der Waals surface area contributed by atoms with Crippen molar-refractivity contribution >= 4 is 27.8 Å². The first-order valence-electron chi connectivity index (χ1n) is 5.38. The first kappa shape index (κ1) is 10.6. The molecule has 0 saturated carbocycles. The lowest BCUT2D eigenvalue weighted by Gasteiger charge is -2.01. The molecule has 0 aliphatic heterocycles. The van der Waals surface area contributed by atoms with Crippen LogP contribution >= 0.6 is 0 Å². The number of rotatable bonds is 1. The maximum atomic E-state index is 11.5. The number of ether oxygens (including phenoxy) is 1. The van der Waals surface area contributed by atoms with E-state index in [1.54, 1.807) is 24.4 Å². The Labute approximate surface area is 102 Å². The Morgan fingerprint density at radius 3 is 3.06 bits per heavy atom. The molecule has 0 bridgehead atoms. The van der Waals surface area contributed by atoms with Crippen molar-refractivity contribution in [1.82, 2.24) is 9.97 Å². The molecule has 5 nitrogen and oxygen atoms in total. The van der Waals surface area contributed by atoms with Gasteiger partial charge in [-0.1, -0.05) is 0 Å². The number of benzene rings is 1. The van der Waals surface area contributed by atoms with Crippen LogP contribution in [0.25, 0.3) is 21.8 Å². The van der Waals surface area contributed by atoms with Gasteiger partial charge in [-0.05, 0) is 24.3 Å². The molecule has 3 aromatic rings. The first-order valence-corrected chi connectivity index (χ1v) is 5.38. The molecule has 0 unspecified atom stereocenters. The zero-order valence-corrected chi connectivity index (χ0v) is 9.60.